The number of amides is 1. The summed E-state index contributed by atoms with van der Waals surface area (Å²) in [5.74, 6) is -0.362. The van der Waals surface area contributed by atoms with Gasteiger partial charge in [-0.1, -0.05) is 36.4 Å². The van der Waals surface area contributed by atoms with Gasteiger partial charge in [0.1, 0.15) is 11.4 Å². The molecule has 6 nitrogen and oxygen atoms in total. The topological polar surface area (TPSA) is 68.2 Å². The highest BCUT2D eigenvalue weighted by atomic mass is 19.1. The van der Waals surface area contributed by atoms with Crippen molar-refractivity contribution in [2.45, 2.75) is 89.8 Å². The van der Waals surface area contributed by atoms with E-state index in [-0.39, 0.29) is 18.3 Å². The summed E-state index contributed by atoms with van der Waals surface area (Å²) in [7, 11) is -0.447. The molecular formula is C28H37BFNO5. The van der Waals surface area contributed by atoms with Crippen LogP contribution < -0.4 is 5.46 Å². The third-order valence-corrected chi connectivity index (χ3v) is 7.77. The zero-order valence-electron chi connectivity index (χ0n) is 22.3. The second kappa shape index (κ2) is 9.16. The Balaban J connectivity index is 1.50. The van der Waals surface area contributed by atoms with Crippen LogP contribution >= 0.6 is 0 Å². The molecule has 2 saturated heterocycles. The number of ether oxygens (including phenoxy) is 1. The summed E-state index contributed by atoms with van der Waals surface area (Å²) in [5.41, 5.74) is -0.372. The quantitative estimate of drug-likeness (QED) is 0.564. The Labute approximate surface area is 213 Å². The SMILES string of the molecule is C[C@@H](c1ccc(B2OC(C)(C)C(C)(C)O2)cc1)N1CCC(CC(C)(C)O)(c2ccc(F)cc2)OC1=O. The molecule has 2 fully saturated rings. The number of carbonyl (C=O) groups is 1. The molecule has 8 heteroatoms. The van der Waals surface area contributed by atoms with E-state index in [1.807, 2.05) is 58.9 Å². The van der Waals surface area contributed by atoms with Gasteiger partial charge in [-0.05, 0) is 77.2 Å². The molecule has 1 amide bonds. The van der Waals surface area contributed by atoms with Gasteiger partial charge in [-0.25, -0.2) is 9.18 Å². The molecule has 1 unspecified atom stereocenters. The monoisotopic (exact) mass is 497 g/mol. The number of cyclic esters (lactones) is 1. The molecule has 2 atom stereocenters. The second-order valence-electron chi connectivity index (χ2n) is 11.7. The van der Waals surface area contributed by atoms with E-state index in [9.17, 15) is 14.3 Å². The van der Waals surface area contributed by atoms with Crippen LogP contribution in [-0.4, -0.2) is 46.6 Å². The second-order valence-corrected chi connectivity index (χ2v) is 11.7. The number of benzene rings is 2. The molecule has 36 heavy (non-hydrogen) atoms. The third-order valence-electron chi connectivity index (χ3n) is 7.77. The van der Waals surface area contributed by atoms with Gasteiger partial charge in [-0.2, -0.15) is 0 Å². The molecule has 0 radical (unpaired) electrons. The minimum Gasteiger partial charge on any atom is -0.438 e. The van der Waals surface area contributed by atoms with Crippen LogP contribution in [0.25, 0.3) is 0 Å². The van der Waals surface area contributed by atoms with E-state index in [1.54, 1.807) is 30.9 Å². The first-order valence-electron chi connectivity index (χ1n) is 12.6. The van der Waals surface area contributed by atoms with Crippen molar-refractivity contribution >= 4 is 18.7 Å². The van der Waals surface area contributed by atoms with E-state index in [1.165, 1.54) is 12.1 Å². The molecule has 2 aromatic rings. The maximum Gasteiger partial charge on any atom is 0.494 e. The molecular weight excluding hydrogens is 460 g/mol. The lowest BCUT2D eigenvalue weighted by Gasteiger charge is -2.45. The minimum atomic E-state index is -1.08. The molecule has 2 heterocycles. The van der Waals surface area contributed by atoms with Crippen molar-refractivity contribution in [3.8, 4) is 0 Å². The average molecular weight is 497 g/mol. The largest absolute Gasteiger partial charge is 0.494 e. The fraction of sp³-hybridized carbons (Fsp3) is 0.536. The Morgan fingerprint density at radius 1 is 1.03 bits per heavy atom. The van der Waals surface area contributed by atoms with E-state index < -0.39 is 35.6 Å². The fourth-order valence-corrected chi connectivity index (χ4v) is 4.99. The smallest absolute Gasteiger partial charge is 0.438 e. The number of nitrogens with zero attached hydrogens (tertiary/aromatic N) is 1. The van der Waals surface area contributed by atoms with Crippen molar-refractivity contribution in [3.05, 3.63) is 65.5 Å². The Hall–Kier alpha value is -2.42. The van der Waals surface area contributed by atoms with Crippen LogP contribution in [0.4, 0.5) is 9.18 Å². The van der Waals surface area contributed by atoms with Crippen molar-refractivity contribution in [1.82, 2.24) is 4.90 Å². The van der Waals surface area contributed by atoms with Gasteiger partial charge in [-0.3, -0.25) is 0 Å². The number of aliphatic hydroxyl groups is 1. The molecule has 1 N–H and O–H groups in total. The van der Waals surface area contributed by atoms with Gasteiger partial charge in [0, 0.05) is 19.4 Å². The van der Waals surface area contributed by atoms with Crippen molar-refractivity contribution in [2.24, 2.45) is 0 Å². The first kappa shape index (κ1) is 26.6. The lowest BCUT2D eigenvalue weighted by Crippen LogP contribution is -2.51. The molecule has 2 aromatic carbocycles. The van der Waals surface area contributed by atoms with E-state index in [0.29, 0.717) is 18.5 Å². The van der Waals surface area contributed by atoms with E-state index in [2.05, 4.69) is 0 Å². The summed E-state index contributed by atoms with van der Waals surface area (Å²) in [6, 6.07) is 13.6. The van der Waals surface area contributed by atoms with Crippen LogP contribution in [0, 0.1) is 5.82 Å². The van der Waals surface area contributed by atoms with Gasteiger partial charge in [-0.15, -0.1) is 0 Å². The average Bonchev–Trinajstić information content (AvgIpc) is 2.99. The first-order chi connectivity index (χ1) is 16.6. The molecule has 0 aliphatic carbocycles. The normalized spacial score (nSPS) is 24.5. The summed E-state index contributed by atoms with van der Waals surface area (Å²) >= 11 is 0. The molecule has 194 valence electrons. The summed E-state index contributed by atoms with van der Waals surface area (Å²) in [6.45, 7) is 13.9. The highest BCUT2D eigenvalue weighted by Crippen LogP contribution is 2.42. The summed E-state index contributed by atoms with van der Waals surface area (Å²) in [4.78, 5) is 15.0. The van der Waals surface area contributed by atoms with Crippen LogP contribution in [0.3, 0.4) is 0 Å². The van der Waals surface area contributed by atoms with Crippen LogP contribution in [0.1, 0.15) is 78.5 Å². The number of hydrogen-bond donors (Lipinski definition) is 1. The Morgan fingerprint density at radius 2 is 1.58 bits per heavy atom. The highest BCUT2D eigenvalue weighted by molar-refractivity contribution is 6.62. The zero-order chi connectivity index (χ0) is 26.5. The Kier molecular flexibility index (Phi) is 6.78. The van der Waals surface area contributed by atoms with Crippen molar-refractivity contribution in [1.29, 1.82) is 0 Å². The minimum absolute atomic E-state index is 0.211. The molecule has 2 aliphatic heterocycles. The van der Waals surface area contributed by atoms with Gasteiger partial charge in [0.25, 0.3) is 0 Å². The highest BCUT2D eigenvalue weighted by Gasteiger charge is 2.52. The Morgan fingerprint density at radius 3 is 2.08 bits per heavy atom. The van der Waals surface area contributed by atoms with Crippen molar-refractivity contribution in [3.63, 3.8) is 0 Å². The summed E-state index contributed by atoms with van der Waals surface area (Å²) < 4.78 is 31.9. The van der Waals surface area contributed by atoms with Crippen LogP contribution in [0.5, 0.6) is 0 Å². The van der Waals surface area contributed by atoms with Crippen LogP contribution in [0.2, 0.25) is 0 Å². The van der Waals surface area contributed by atoms with Gasteiger partial charge in [0.2, 0.25) is 0 Å². The van der Waals surface area contributed by atoms with Crippen LogP contribution in [-0.2, 0) is 19.6 Å². The first-order valence-corrected chi connectivity index (χ1v) is 12.6. The molecule has 0 bridgehead atoms. The molecule has 0 saturated carbocycles. The zero-order valence-corrected chi connectivity index (χ0v) is 22.3. The predicted octanol–water partition coefficient (Wildman–Crippen LogP) is 5.08. The lowest BCUT2D eigenvalue weighted by atomic mass is 9.78. The van der Waals surface area contributed by atoms with E-state index >= 15 is 0 Å². The fourth-order valence-electron chi connectivity index (χ4n) is 4.99. The predicted molar refractivity (Wildman–Crippen MR) is 137 cm³/mol. The summed E-state index contributed by atoms with van der Waals surface area (Å²) in [6.07, 6.45) is 0.227. The number of carbonyl (C=O) groups excluding carboxylic acids is 1. The van der Waals surface area contributed by atoms with Crippen molar-refractivity contribution < 1.29 is 28.3 Å². The van der Waals surface area contributed by atoms with Gasteiger partial charge < -0.3 is 24.1 Å². The van der Waals surface area contributed by atoms with Gasteiger partial charge in [0.15, 0.2) is 0 Å². The van der Waals surface area contributed by atoms with E-state index in [0.717, 1.165) is 11.0 Å². The van der Waals surface area contributed by atoms with Crippen LogP contribution in [0.15, 0.2) is 48.5 Å². The maximum absolute atomic E-state index is 13.6. The van der Waals surface area contributed by atoms with Gasteiger partial charge in [0.05, 0.1) is 22.8 Å². The number of halogens is 1. The molecule has 0 spiro atoms. The third kappa shape index (κ3) is 5.17. The summed E-state index contributed by atoms with van der Waals surface area (Å²) in [5, 5.41) is 10.6. The van der Waals surface area contributed by atoms with Gasteiger partial charge >= 0.3 is 13.2 Å². The van der Waals surface area contributed by atoms with Crippen molar-refractivity contribution in [2.75, 3.05) is 6.54 Å². The van der Waals surface area contributed by atoms with E-state index in [4.69, 9.17) is 14.0 Å². The maximum atomic E-state index is 13.6. The standard InChI is InChI=1S/C28H37BFNO5/c1-19(20-8-12-22(13-9-20)29-35-26(4,5)27(6,7)36-29)31-17-16-28(34-24(31)32,18-25(2,3)33)21-10-14-23(30)15-11-21/h8-15,19,33H,16-18H2,1-7H3/t19-,28?/m0/s1. The lowest BCUT2D eigenvalue weighted by molar-refractivity contribution is -0.101. The molecule has 2 aliphatic rings. The number of rotatable bonds is 6. The molecule has 4 rings (SSSR count). The Bertz CT molecular complexity index is 1080. The number of hydrogen-bond acceptors (Lipinski definition) is 5. The molecule has 0 aromatic heterocycles.